The molecular formula is C27H25N3O5. The molecule has 8 heteroatoms. The number of ether oxygens (including phenoxy) is 2. The minimum atomic E-state index is -1.14. The molecule has 35 heavy (non-hydrogen) atoms. The lowest BCUT2D eigenvalue weighted by molar-refractivity contribution is -0.154. The third kappa shape index (κ3) is 6.32. The van der Waals surface area contributed by atoms with Crippen molar-refractivity contribution < 1.29 is 23.6 Å². The Balaban J connectivity index is 1.43. The van der Waals surface area contributed by atoms with E-state index in [9.17, 15) is 9.59 Å². The SMILES string of the molecule is CCOc1ccccc1NC(=O)C(OC(=O)CCc1nc(-c2ccccc2)no1)c1ccccc1. The smallest absolute Gasteiger partial charge is 0.307 e. The minimum absolute atomic E-state index is 0.0252. The number of anilines is 1. The third-order valence-corrected chi connectivity index (χ3v) is 5.08. The molecule has 178 valence electrons. The number of amides is 1. The molecule has 0 aliphatic heterocycles. The average Bonchev–Trinajstić information content (AvgIpc) is 3.37. The molecule has 4 aromatic rings. The summed E-state index contributed by atoms with van der Waals surface area (Å²) in [6.07, 6.45) is -0.974. The molecule has 0 saturated heterocycles. The monoisotopic (exact) mass is 471 g/mol. The maximum atomic E-state index is 13.2. The molecule has 0 bridgehead atoms. The number of nitrogens with one attached hydrogen (secondary N) is 1. The first-order valence-corrected chi connectivity index (χ1v) is 11.3. The Kier molecular flexibility index (Phi) is 7.85. The fourth-order valence-electron chi connectivity index (χ4n) is 3.41. The van der Waals surface area contributed by atoms with E-state index in [2.05, 4.69) is 15.5 Å². The lowest BCUT2D eigenvalue weighted by Crippen LogP contribution is -2.26. The Hall–Kier alpha value is -4.46. The molecule has 0 saturated carbocycles. The summed E-state index contributed by atoms with van der Waals surface area (Å²) in [4.78, 5) is 30.2. The molecule has 1 amide bonds. The molecule has 0 aliphatic carbocycles. The first kappa shape index (κ1) is 23.7. The van der Waals surface area contributed by atoms with Crippen LogP contribution in [-0.4, -0.2) is 28.6 Å². The second-order valence-electron chi connectivity index (χ2n) is 7.58. The highest BCUT2D eigenvalue weighted by molar-refractivity contribution is 5.97. The van der Waals surface area contributed by atoms with Crippen molar-refractivity contribution in [2.45, 2.75) is 25.9 Å². The number of carbonyl (C=O) groups is 2. The van der Waals surface area contributed by atoms with Crippen molar-refractivity contribution in [3.8, 4) is 17.1 Å². The van der Waals surface area contributed by atoms with Gasteiger partial charge in [-0.1, -0.05) is 78.0 Å². The van der Waals surface area contributed by atoms with E-state index in [0.29, 0.717) is 35.3 Å². The predicted octanol–water partition coefficient (Wildman–Crippen LogP) is 4.99. The van der Waals surface area contributed by atoms with E-state index in [0.717, 1.165) is 5.56 Å². The Morgan fingerprint density at radius 2 is 1.63 bits per heavy atom. The van der Waals surface area contributed by atoms with Gasteiger partial charge in [-0.25, -0.2) is 0 Å². The molecule has 1 heterocycles. The molecule has 1 unspecified atom stereocenters. The molecule has 1 N–H and O–H groups in total. The van der Waals surface area contributed by atoms with Crippen molar-refractivity contribution in [1.29, 1.82) is 0 Å². The predicted molar refractivity (Wildman–Crippen MR) is 130 cm³/mol. The van der Waals surface area contributed by atoms with Crippen LogP contribution in [0.3, 0.4) is 0 Å². The maximum Gasteiger partial charge on any atom is 0.307 e. The molecule has 0 fully saturated rings. The van der Waals surface area contributed by atoms with Crippen molar-refractivity contribution in [3.05, 3.63) is 96.4 Å². The van der Waals surface area contributed by atoms with E-state index in [-0.39, 0.29) is 12.8 Å². The highest BCUT2D eigenvalue weighted by Gasteiger charge is 2.26. The standard InChI is InChI=1S/C27H25N3O5/c1-2-33-22-16-10-9-15-21(22)28-27(32)25(19-11-5-3-6-12-19)34-24(31)18-17-23-29-26(30-35-23)20-13-7-4-8-14-20/h3-16,25H,2,17-18H2,1H3,(H,28,32). The van der Waals surface area contributed by atoms with Gasteiger partial charge in [0, 0.05) is 17.5 Å². The first-order valence-electron chi connectivity index (χ1n) is 11.3. The van der Waals surface area contributed by atoms with Gasteiger partial charge in [-0.3, -0.25) is 9.59 Å². The van der Waals surface area contributed by atoms with Crippen LogP contribution in [0.25, 0.3) is 11.4 Å². The van der Waals surface area contributed by atoms with Gasteiger partial charge >= 0.3 is 5.97 Å². The largest absolute Gasteiger partial charge is 0.492 e. The molecule has 1 atom stereocenters. The Morgan fingerprint density at radius 1 is 0.943 bits per heavy atom. The van der Waals surface area contributed by atoms with Crippen molar-refractivity contribution in [2.75, 3.05) is 11.9 Å². The van der Waals surface area contributed by atoms with Gasteiger partial charge in [0.15, 0.2) is 0 Å². The number of carbonyl (C=O) groups excluding carboxylic acids is 2. The summed E-state index contributed by atoms with van der Waals surface area (Å²) in [5.74, 6) is 0.246. The van der Waals surface area contributed by atoms with Crippen LogP contribution in [0, 0.1) is 0 Å². The second-order valence-corrected chi connectivity index (χ2v) is 7.58. The van der Waals surface area contributed by atoms with E-state index in [1.807, 2.05) is 49.4 Å². The van der Waals surface area contributed by atoms with Crippen molar-refractivity contribution >= 4 is 17.6 Å². The van der Waals surface area contributed by atoms with E-state index < -0.39 is 18.0 Å². The molecular weight excluding hydrogens is 446 g/mol. The minimum Gasteiger partial charge on any atom is -0.492 e. The van der Waals surface area contributed by atoms with Crippen LogP contribution in [0.4, 0.5) is 5.69 Å². The fourth-order valence-corrected chi connectivity index (χ4v) is 3.41. The number of aryl methyl sites for hydroxylation is 1. The van der Waals surface area contributed by atoms with Crippen molar-refractivity contribution in [3.63, 3.8) is 0 Å². The summed E-state index contributed by atoms with van der Waals surface area (Å²) in [6, 6.07) is 25.3. The lowest BCUT2D eigenvalue weighted by Gasteiger charge is -2.19. The summed E-state index contributed by atoms with van der Waals surface area (Å²) >= 11 is 0. The first-order chi connectivity index (χ1) is 17.1. The quantitative estimate of drug-likeness (QED) is 0.325. The number of aromatic nitrogens is 2. The number of esters is 1. The van der Waals surface area contributed by atoms with E-state index >= 15 is 0 Å². The van der Waals surface area contributed by atoms with Crippen LogP contribution < -0.4 is 10.1 Å². The zero-order chi connectivity index (χ0) is 24.5. The topological polar surface area (TPSA) is 104 Å². The number of para-hydroxylation sites is 2. The summed E-state index contributed by atoms with van der Waals surface area (Å²) in [5, 5.41) is 6.77. The van der Waals surface area contributed by atoms with E-state index in [1.165, 1.54) is 0 Å². The van der Waals surface area contributed by atoms with Crippen LogP contribution in [0.15, 0.2) is 89.5 Å². The summed E-state index contributed by atoms with van der Waals surface area (Å²) in [7, 11) is 0. The van der Waals surface area contributed by atoms with Crippen LogP contribution in [0.2, 0.25) is 0 Å². The van der Waals surface area contributed by atoms with Crippen molar-refractivity contribution in [1.82, 2.24) is 10.1 Å². The average molecular weight is 472 g/mol. The van der Waals surface area contributed by atoms with Gasteiger partial charge in [-0.05, 0) is 19.1 Å². The van der Waals surface area contributed by atoms with Gasteiger partial charge in [-0.2, -0.15) is 4.98 Å². The number of hydrogen-bond donors (Lipinski definition) is 1. The third-order valence-electron chi connectivity index (χ3n) is 5.08. The number of nitrogens with zero attached hydrogens (tertiary/aromatic N) is 2. The molecule has 0 radical (unpaired) electrons. The van der Waals surface area contributed by atoms with E-state index in [1.54, 1.807) is 42.5 Å². The number of hydrogen-bond acceptors (Lipinski definition) is 7. The highest BCUT2D eigenvalue weighted by atomic mass is 16.5. The number of benzene rings is 3. The van der Waals surface area contributed by atoms with Gasteiger partial charge in [0.2, 0.25) is 17.8 Å². The highest BCUT2D eigenvalue weighted by Crippen LogP contribution is 2.27. The summed E-state index contributed by atoms with van der Waals surface area (Å²) < 4.78 is 16.4. The zero-order valence-corrected chi connectivity index (χ0v) is 19.2. The Labute approximate surface area is 202 Å². The van der Waals surface area contributed by atoms with Crippen LogP contribution >= 0.6 is 0 Å². The molecule has 1 aromatic heterocycles. The van der Waals surface area contributed by atoms with Crippen LogP contribution in [-0.2, 0) is 20.7 Å². The van der Waals surface area contributed by atoms with Gasteiger partial charge in [0.1, 0.15) is 5.75 Å². The van der Waals surface area contributed by atoms with Gasteiger partial charge in [-0.15, -0.1) is 0 Å². The van der Waals surface area contributed by atoms with Crippen LogP contribution in [0.5, 0.6) is 5.75 Å². The Morgan fingerprint density at radius 3 is 2.37 bits per heavy atom. The van der Waals surface area contributed by atoms with Gasteiger partial charge in [0.25, 0.3) is 5.91 Å². The van der Waals surface area contributed by atoms with Crippen LogP contribution in [0.1, 0.15) is 30.9 Å². The molecule has 8 nitrogen and oxygen atoms in total. The molecule has 0 spiro atoms. The molecule has 4 rings (SSSR count). The normalized spacial score (nSPS) is 11.5. The van der Waals surface area contributed by atoms with Gasteiger partial charge < -0.3 is 19.3 Å². The Bertz CT molecular complexity index is 1260. The lowest BCUT2D eigenvalue weighted by atomic mass is 10.1. The molecule has 0 aliphatic rings. The summed E-state index contributed by atoms with van der Waals surface area (Å²) in [6.45, 7) is 2.31. The fraction of sp³-hybridized carbons (Fsp3) is 0.185. The second kappa shape index (κ2) is 11.6. The van der Waals surface area contributed by atoms with Crippen molar-refractivity contribution in [2.24, 2.45) is 0 Å². The summed E-state index contributed by atoms with van der Waals surface area (Å²) in [5.41, 5.74) is 1.87. The van der Waals surface area contributed by atoms with Gasteiger partial charge in [0.05, 0.1) is 18.7 Å². The maximum absolute atomic E-state index is 13.2. The zero-order valence-electron chi connectivity index (χ0n) is 19.2. The van der Waals surface area contributed by atoms with E-state index in [4.69, 9.17) is 14.0 Å². The number of rotatable bonds is 10. The molecule has 3 aromatic carbocycles.